The van der Waals surface area contributed by atoms with Crippen LogP contribution in [0.3, 0.4) is 0 Å². The number of likely N-dealkylation sites (tertiary alicyclic amines) is 1. The predicted octanol–water partition coefficient (Wildman–Crippen LogP) is 2.77. The van der Waals surface area contributed by atoms with Gasteiger partial charge in [-0.15, -0.1) is 0 Å². The molecule has 0 aromatic rings. The van der Waals surface area contributed by atoms with E-state index < -0.39 is 5.97 Å². The Bertz CT molecular complexity index is 333. The number of aliphatic carboxylic acids is 1. The van der Waals surface area contributed by atoms with Crippen molar-refractivity contribution in [3.63, 3.8) is 0 Å². The Kier molecular flexibility index (Phi) is 5.39. The minimum atomic E-state index is -0.778. The molecule has 19 heavy (non-hydrogen) atoms. The Balaban J connectivity index is 2.47. The number of carboxylic acids is 1. The lowest BCUT2D eigenvalue weighted by molar-refractivity contribution is -0.145. The van der Waals surface area contributed by atoms with Crippen molar-refractivity contribution in [2.45, 2.75) is 53.4 Å². The minimum Gasteiger partial charge on any atom is -0.481 e. The molecule has 4 nitrogen and oxygen atoms in total. The molecule has 1 aliphatic rings. The quantitative estimate of drug-likeness (QED) is 0.853. The Hall–Kier alpha value is -1.06. The van der Waals surface area contributed by atoms with Gasteiger partial charge < -0.3 is 10.0 Å². The molecule has 0 radical (unpaired) electrons. The Labute approximate surface area is 116 Å². The molecule has 0 bridgehead atoms. The molecule has 1 fully saturated rings. The summed E-state index contributed by atoms with van der Waals surface area (Å²) >= 11 is 0. The van der Waals surface area contributed by atoms with Gasteiger partial charge >= 0.3 is 5.97 Å². The van der Waals surface area contributed by atoms with Crippen LogP contribution < -0.4 is 0 Å². The zero-order valence-electron chi connectivity index (χ0n) is 12.6. The first-order valence-electron chi connectivity index (χ1n) is 7.19. The summed E-state index contributed by atoms with van der Waals surface area (Å²) in [5, 5.41) is 9.03. The van der Waals surface area contributed by atoms with E-state index in [-0.39, 0.29) is 17.2 Å². The summed E-state index contributed by atoms with van der Waals surface area (Å²) in [6.45, 7) is 9.73. The van der Waals surface area contributed by atoms with Crippen LogP contribution in [0.5, 0.6) is 0 Å². The number of amides is 1. The van der Waals surface area contributed by atoms with Crippen LogP contribution in [0, 0.1) is 17.3 Å². The molecule has 1 unspecified atom stereocenters. The smallest absolute Gasteiger partial charge is 0.308 e. The summed E-state index contributed by atoms with van der Waals surface area (Å²) in [7, 11) is 0. The summed E-state index contributed by atoms with van der Waals surface area (Å²) < 4.78 is 0. The highest BCUT2D eigenvalue weighted by molar-refractivity contribution is 5.78. The van der Waals surface area contributed by atoms with Crippen molar-refractivity contribution in [3.8, 4) is 0 Å². The Morgan fingerprint density at radius 1 is 1.37 bits per heavy atom. The van der Waals surface area contributed by atoms with Crippen LogP contribution in [0.25, 0.3) is 0 Å². The number of rotatable bonds is 4. The molecule has 1 aliphatic heterocycles. The summed E-state index contributed by atoms with van der Waals surface area (Å²) in [5.74, 6) is -0.698. The van der Waals surface area contributed by atoms with Crippen molar-refractivity contribution in [1.82, 2.24) is 4.90 Å². The van der Waals surface area contributed by atoms with Gasteiger partial charge in [-0.2, -0.15) is 0 Å². The van der Waals surface area contributed by atoms with Crippen molar-refractivity contribution in [1.29, 1.82) is 0 Å². The van der Waals surface area contributed by atoms with E-state index in [2.05, 4.69) is 27.7 Å². The predicted molar refractivity (Wildman–Crippen MR) is 74.8 cm³/mol. The van der Waals surface area contributed by atoms with E-state index in [0.717, 1.165) is 12.8 Å². The van der Waals surface area contributed by atoms with E-state index in [4.69, 9.17) is 5.11 Å². The summed E-state index contributed by atoms with van der Waals surface area (Å²) in [6.07, 6.45) is 3.03. The van der Waals surface area contributed by atoms with Gasteiger partial charge in [-0.1, -0.05) is 27.7 Å². The second-order valence-corrected chi connectivity index (χ2v) is 7.09. The number of carbonyl (C=O) groups excluding carboxylic acids is 1. The normalized spacial score (nSPS) is 22.1. The highest BCUT2D eigenvalue weighted by Gasteiger charge is 2.29. The monoisotopic (exact) mass is 269 g/mol. The largest absolute Gasteiger partial charge is 0.481 e. The van der Waals surface area contributed by atoms with Gasteiger partial charge in [0.05, 0.1) is 5.92 Å². The second-order valence-electron chi connectivity index (χ2n) is 7.09. The van der Waals surface area contributed by atoms with Crippen LogP contribution in [0.15, 0.2) is 0 Å². The van der Waals surface area contributed by atoms with Gasteiger partial charge in [0.15, 0.2) is 0 Å². The fourth-order valence-electron chi connectivity index (χ4n) is 2.95. The first-order chi connectivity index (χ1) is 8.69. The average Bonchev–Trinajstić information content (AvgIpc) is 2.26. The molecular formula is C15H27NO3. The molecule has 1 saturated heterocycles. The first-order valence-corrected chi connectivity index (χ1v) is 7.19. The van der Waals surface area contributed by atoms with Crippen molar-refractivity contribution in [3.05, 3.63) is 0 Å². The zero-order valence-corrected chi connectivity index (χ0v) is 12.6. The third-order valence-corrected chi connectivity index (χ3v) is 3.61. The minimum absolute atomic E-state index is 0.114. The standard InChI is InChI=1S/C15H27NO3/c1-11(9-15(2,3)4)8-13(17)16-7-5-6-12(10-16)14(18)19/h11-12H,5-10H2,1-4H3,(H,18,19)/t11?,12-/m1/s1. The molecule has 0 aromatic carbocycles. The summed E-state index contributed by atoms with van der Waals surface area (Å²) in [5.41, 5.74) is 0.227. The van der Waals surface area contributed by atoms with Crippen LogP contribution in [-0.2, 0) is 9.59 Å². The topological polar surface area (TPSA) is 57.6 Å². The highest BCUT2D eigenvalue weighted by Crippen LogP contribution is 2.27. The lowest BCUT2D eigenvalue weighted by Gasteiger charge is -2.32. The fourth-order valence-corrected chi connectivity index (χ4v) is 2.95. The van der Waals surface area contributed by atoms with Gasteiger partial charge in [0, 0.05) is 19.5 Å². The fraction of sp³-hybridized carbons (Fsp3) is 0.867. The van der Waals surface area contributed by atoms with Crippen molar-refractivity contribution in [2.24, 2.45) is 17.3 Å². The van der Waals surface area contributed by atoms with Gasteiger partial charge in [-0.05, 0) is 30.6 Å². The zero-order chi connectivity index (χ0) is 14.6. The number of carboxylic acid groups (broad SMARTS) is 1. The van der Waals surface area contributed by atoms with Gasteiger partial charge in [-0.25, -0.2) is 0 Å². The third-order valence-electron chi connectivity index (χ3n) is 3.61. The molecule has 1 heterocycles. The van der Waals surface area contributed by atoms with Gasteiger partial charge in [0.2, 0.25) is 5.91 Å². The van der Waals surface area contributed by atoms with Gasteiger partial charge in [0.25, 0.3) is 0 Å². The van der Waals surface area contributed by atoms with Crippen molar-refractivity contribution >= 4 is 11.9 Å². The number of piperidine rings is 1. The molecule has 1 amide bonds. The number of carbonyl (C=O) groups is 2. The van der Waals surface area contributed by atoms with Crippen LogP contribution in [0.4, 0.5) is 0 Å². The van der Waals surface area contributed by atoms with E-state index in [9.17, 15) is 9.59 Å². The number of hydrogen-bond acceptors (Lipinski definition) is 2. The lowest BCUT2D eigenvalue weighted by Crippen LogP contribution is -2.42. The van der Waals surface area contributed by atoms with E-state index in [0.29, 0.717) is 31.8 Å². The summed E-state index contributed by atoms with van der Waals surface area (Å²) in [4.78, 5) is 24.9. The van der Waals surface area contributed by atoms with Crippen LogP contribution in [0.2, 0.25) is 0 Å². The maximum absolute atomic E-state index is 12.2. The molecule has 0 saturated carbocycles. The van der Waals surface area contributed by atoms with Gasteiger partial charge in [0.1, 0.15) is 0 Å². The first kappa shape index (κ1) is 16.0. The summed E-state index contributed by atoms with van der Waals surface area (Å²) in [6, 6.07) is 0. The van der Waals surface area contributed by atoms with Crippen molar-refractivity contribution < 1.29 is 14.7 Å². The molecular weight excluding hydrogens is 242 g/mol. The van der Waals surface area contributed by atoms with E-state index in [1.54, 1.807) is 4.90 Å². The maximum atomic E-state index is 12.2. The highest BCUT2D eigenvalue weighted by atomic mass is 16.4. The molecule has 0 aliphatic carbocycles. The third kappa shape index (κ3) is 5.62. The Morgan fingerprint density at radius 2 is 2.00 bits per heavy atom. The van der Waals surface area contributed by atoms with Crippen LogP contribution in [-0.4, -0.2) is 35.0 Å². The second kappa shape index (κ2) is 6.40. The molecule has 4 heteroatoms. The van der Waals surface area contributed by atoms with Crippen LogP contribution >= 0.6 is 0 Å². The molecule has 110 valence electrons. The molecule has 0 aromatic heterocycles. The van der Waals surface area contributed by atoms with E-state index in [1.807, 2.05) is 0 Å². The SMILES string of the molecule is CC(CC(=O)N1CCC[C@@H](C(=O)O)C1)CC(C)(C)C. The van der Waals surface area contributed by atoms with Crippen molar-refractivity contribution in [2.75, 3.05) is 13.1 Å². The van der Waals surface area contributed by atoms with Crippen LogP contribution in [0.1, 0.15) is 53.4 Å². The maximum Gasteiger partial charge on any atom is 0.308 e. The lowest BCUT2D eigenvalue weighted by atomic mass is 9.84. The molecule has 1 rings (SSSR count). The van der Waals surface area contributed by atoms with E-state index in [1.165, 1.54) is 0 Å². The van der Waals surface area contributed by atoms with Gasteiger partial charge in [-0.3, -0.25) is 9.59 Å². The Morgan fingerprint density at radius 3 is 2.53 bits per heavy atom. The average molecular weight is 269 g/mol. The number of nitrogens with zero attached hydrogens (tertiary/aromatic N) is 1. The molecule has 0 spiro atoms. The van der Waals surface area contributed by atoms with E-state index >= 15 is 0 Å². The molecule has 2 atom stereocenters. The molecule has 1 N–H and O–H groups in total. The number of hydrogen-bond donors (Lipinski definition) is 1.